The minimum absolute atomic E-state index is 0.0231. The SMILES string of the molecule is CCC[CH](N)[Ni]. The predicted molar refractivity (Wildman–Crippen MR) is 22.9 cm³/mol. The van der Waals surface area contributed by atoms with Gasteiger partial charge < -0.3 is 0 Å². The molecule has 0 aromatic carbocycles. The summed E-state index contributed by atoms with van der Waals surface area (Å²) in [4.78, 5) is 0. The Morgan fingerprint density at radius 2 is 2.33 bits per heavy atom. The van der Waals surface area contributed by atoms with Crippen molar-refractivity contribution in [3.8, 4) is 0 Å². The fourth-order valence-electron chi connectivity index (χ4n) is 0.258. The average Bonchev–Trinajstić information content (AvgIpc) is 1.35. The molecule has 0 rings (SSSR count). The van der Waals surface area contributed by atoms with Crippen molar-refractivity contribution >= 4 is 0 Å². The van der Waals surface area contributed by atoms with E-state index in [0.29, 0.717) is 0 Å². The van der Waals surface area contributed by atoms with Gasteiger partial charge in [0.05, 0.1) is 0 Å². The molecule has 0 amide bonds. The van der Waals surface area contributed by atoms with Gasteiger partial charge >= 0.3 is 46.0 Å². The maximum atomic E-state index is 5.24. The minimum atomic E-state index is 0.0231. The first-order valence-corrected chi connectivity index (χ1v) is 2.70. The maximum absolute atomic E-state index is 5.24. The summed E-state index contributed by atoms with van der Waals surface area (Å²) in [5.74, 6) is 0. The van der Waals surface area contributed by atoms with Crippen LogP contribution in [0.3, 0.4) is 0 Å². The summed E-state index contributed by atoms with van der Waals surface area (Å²) in [5.41, 5.74) is 5.24. The molecule has 0 heterocycles. The van der Waals surface area contributed by atoms with E-state index in [0.717, 1.165) is 12.8 Å². The summed E-state index contributed by atoms with van der Waals surface area (Å²) in [6.07, 6.45) is 2.10. The second-order valence-corrected chi connectivity index (χ2v) is 1.99. The first-order chi connectivity index (χ1) is 2.77. The Balaban J connectivity index is 2.63. The van der Waals surface area contributed by atoms with Crippen molar-refractivity contribution in [2.45, 2.75) is 24.8 Å². The Kier molecular flexibility index (Phi) is 3.91. The molecule has 0 fully saturated rings. The van der Waals surface area contributed by atoms with Crippen LogP contribution in [-0.2, 0) is 15.5 Å². The van der Waals surface area contributed by atoms with Gasteiger partial charge in [-0.3, -0.25) is 0 Å². The molecule has 2 heteroatoms. The number of nitrogens with two attached hydrogens (primary N) is 1. The topological polar surface area (TPSA) is 26.0 Å². The summed E-state index contributed by atoms with van der Waals surface area (Å²) in [7, 11) is 0. The normalized spacial score (nSPS) is 14.7. The Bertz CT molecular complexity index is 28.7. The molecule has 0 aromatic heterocycles. The first kappa shape index (κ1) is 6.45. The second-order valence-electron chi connectivity index (χ2n) is 1.26. The molecule has 0 aromatic rings. The van der Waals surface area contributed by atoms with Crippen LogP contribution in [0.4, 0.5) is 0 Å². The van der Waals surface area contributed by atoms with E-state index < -0.39 is 0 Å². The van der Waals surface area contributed by atoms with Gasteiger partial charge in [0, 0.05) is 0 Å². The van der Waals surface area contributed by atoms with E-state index in [2.05, 4.69) is 22.4 Å². The van der Waals surface area contributed by atoms with Crippen LogP contribution >= 0.6 is 0 Å². The quantitative estimate of drug-likeness (QED) is 0.546. The third kappa shape index (κ3) is 4.45. The van der Waals surface area contributed by atoms with Gasteiger partial charge in [0.1, 0.15) is 0 Å². The molecule has 0 saturated carbocycles. The molecule has 1 atom stereocenters. The van der Waals surface area contributed by atoms with Gasteiger partial charge in [-0.05, 0) is 0 Å². The van der Waals surface area contributed by atoms with Gasteiger partial charge in [-0.2, -0.15) is 0 Å². The third-order valence-corrected chi connectivity index (χ3v) is 0.832. The molecular formula is C4H10NNi. The predicted octanol–water partition coefficient (Wildman–Crippen LogP) is 0.618. The molecule has 0 radical (unpaired) electrons. The van der Waals surface area contributed by atoms with Crippen LogP contribution in [0.15, 0.2) is 0 Å². The van der Waals surface area contributed by atoms with Crippen LogP contribution in [-0.4, -0.2) is 5.01 Å². The molecule has 2 N–H and O–H groups in total. The van der Waals surface area contributed by atoms with Gasteiger partial charge in [0.2, 0.25) is 0 Å². The van der Waals surface area contributed by atoms with Crippen molar-refractivity contribution < 1.29 is 15.5 Å². The molecular weight excluding hydrogens is 121 g/mol. The van der Waals surface area contributed by atoms with E-state index in [1.807, 2.05) is 0 Å². The first-order valence-electron chi connectivity index (χ1n) is 2.13. The van der Waals surface area contributed by atoms with Gasteiger partial charge in [-0.25, -0.2) is 0 Å². The summed E-state index contributed by atoms with van der Waals surface area (Å²) in [5, 5.41) is 0.0231. The Hall–Kier alpha value is 0.454. The summed E-state index contributed by atoms with van der Waals surface area (Å²) >= 11 is 4.39. The van der Waals surface area contributed by atoms with E-state index in [4.69, 9.17) is 5.73 Å². The summed E-state index contributed by atoms with van der Waals surface area (Å²) in [6, 6.07) is 0. The van der Waals surface area contributed by atoms with E-state index in [-0.39, 0.29) is 5.01 Å². The fraction of sp³-hybridized carbons (Fsp3) is 1.00. The summed E-state index contributed by atoms with van der Waals surface area (Å²) < 4.78 is 0. The third-order valence-electron chi connectivity index (χ3n) is 0.547. The molecule has 0 bridgehead atoms. The molecule has 0 aliphatic carbocycles. The van der Waals surface area contributed by atoms with Crippen LogP contribution < -0.4 is 5.73 Å². The zero-order valence-electron chi connectivity index (χ0n) is 3.89. The van der Waals surface area contributed by atoms with Crippen LogP contribution in [0.25, 0.3) is 0 Å². The van der Waals surface area contributed by atoms with Gasteiger partial charge in [0.25, 0.3) is 0 Å². The average molecular weight is 131 g/mol. The van der Waals surface area contributed by atoms with Crippen LogP contribution in [0.1, 0.15) is 19.8 Å². The van der Waals surface area contributed by atoms with Crippen molar-refractivity contribution in [1.82, 2.24) is 0 Å². The van der Waals surface area contributed by atoms with Crippen molar-refractivity contribution in [2.75, 3.05) is 0 Å². The molecule has 0 aliphatic heterocycles. The van der Waals surface area contributed by atoms with Gasteiger partial charge in [0.15, 0.2) is 0 Å². The molecule has 6 heavy (non-hydrogen) atoms. The van der Waals surface area contributed by atoms with Crippen LogP contribution in [0.5, 0.6) is 0 Å². The summed E-state index contributed by atoms with van der Waals surface area (Å²) in [6.45, 7) is 2.08. The monoisotopic (exact) mass is 130 g/mol. The Labute approximate surface area is 46.7 Å². The zero-order chi connectivity index (χ0) is 4.99. The van der Waals surface area contributed by atoms with Crippen molar-refractivity contribution in [3.05, 3.63) is 0 Å². The van der Waals surface area contributed by atoms with E-state index in [1.165, 1.54) is 0 Å². The molecule has 41 valence electrons. The van der Waals surface area contributed by atoms with Crippen LogP contribution in [0.2, 0.25) is 0 Å². The van der Waals surface area contributed by atoms with Gasteiger partial charge in [-0.1, -0.05) is 0 Å². The molecule has 0 aliphatic rings. The molecule has 1 unspecified atom stereocenters. The van der Waals surface area contributed by atoms with E-state index in [1.54, 1.807) is 0 Å². The fourth-order valence-corrected chi connectivity index (χ4v) is 0.543. The second kappa shape index (κ2) is 3.64. The van der Waals surface area contributed by atoms with Crippen LogP contribution in [0, 0.1) is 0 Å². The van der Waals surface area contributed by atoms with Crippen molar-refractivity contribution in [3.63, 3.8) is 0 Å². The Morgan fingerprint density at radius 3 is 2.33 bits per heavy atom. The standard InChI is InChI=1S/C4H10N.Ni/c1-2-3-4-5;/h4H,2-3,5H2,1H3;. The molecule has 0 saturated heterocycles. The number of hydrogen-bond acceptors (Lipinski definition) is 1. The molecule has 1 nitrogen and oxygen atoms in total. The van der Waals surface area contributed by atoms with Gasteiger partial charge in [-0.15, -0.1) is 0 Å². The number of rotatable bonds is 2. The van der Waals surface area contributed by atoms with E-state index in [9.17, 15) is 0 Å². The molecule has 0 spiro atoms. The number of hydrogen-bond donors (Lipinski definition) is 1. The Morgan fingerprint density at radius 1 is 1.83 bits per heavy atom. The zero-order valence-corrected chi connectivity index (χ0v) is 4.87. The van der Waals surface area contributed by atoms with Crippen molar-refractivity contribution in [2.24, 2.45) is 5.73 Å². The van der Waals surface area contributed by atoms with E-state index >= 15 is 0 Å². The van der Waals surface area contributed by atoms with Crippen molar-refractivity contribution in [1.29, 1.82) is 0 Å².